The quantitative estimate of drug-likeness (QED) is 0.166. The number of hydrogen-bond donors (Lipinski definition) is 0. The lowest BCUT2D eigenvalue weighted by Gasteiger charge is -2.40. The minimum absolute atomic E-state index is 0.0365. The number of aromatic nitrogens is 1. The van der Waals surface area contributed by atoms with E-state index in [9.17, 15) is 0 Å². The average molecular weight is 1080 g/mol. The zero-order valence-corrected chi connectivity index (χ0v) is 47.8. The number of anilines is 6. The van der Waals surface area contributed by atoms with Crippen LogP contribution in [0.2, 0.25) is 0 Å². The van der Waals surface area contributed by atoms with Crippen LogP contribution in [-0.4, -0.2) is 4.57 Å². The van der Waals surface area contributed by atoms with Crippen LogP contribution >= 0.6 is 0 Å². The van der Waals surface area contributed by atoms with Crippen molar-refractivity contribution in [2.24, 2.45) is 0 Å². The Morgan fingerprint density at radius 2 is 0.869 bits per heavy atom. The van der Waals surface area contributed by atoms with E-state index in [1.807, 2.05) is 0 Å². The van der Waals surface area contributed by atoms with Crippen molar-refractivity contribution in [3.8, 4) is 16.8 Å². The van der Waals surface area contributed by atoms with E-state index in [0.717, 1.165) is 111 Å². The summed E-state index contributed by atoms with van der Waals surface area (Å²) in [4.78, 5) is 4.90. The third-order valence-electron chi connectivity index (χ3n) is 18.4. The molecule has 0 amide bonds. The summed E-state index contributed by atoms with van der Waals surface area (Å²) in [6.07, 6.45) is 0. The second-order valence-electron chi connectivity index (χ2n) is 25.2. The van der Waals surface area contributed by atoms with Gasteiger partial charge in [-0.3, -0.25) is 0 Å². The van der Waals surface area contributed by atoms with Crippen LogP contribution < -0.4 is 9.80 Å². The first-order chi connectivity index (χ1) is 40.9. The summed E-state index contributed by atoms with van der Waals surface area (Å²) >= 11 is 0. The number of rotatable bonds is 6. The van der Waals surface area contributed by atoms with Gasteiger partial charge in [0.2, 0.25) is 0 Å². The molecule has 15 aromatic rings. The molecule has 2 aliphatic rings. The Morgan fingerprint density at radius 3 is 1.55 bits per heavy atom. The maximum Gasteiger partial charge on any atom is 0.160 e. The van der Waals surface area contributed by atoms with Crippen LogP contribution in [0.25, 0.3) is 93.3 Å². The van der Waals surface area contributed by atoms with E-state index in [0.29, 0.717) is 0 Å². The molecule has 84 heavy (non-hydrogen) atoms. The predicted molar refractivity (Wildman–Crippen MR) is 350 cm³/mol. The highest BCUT2D eigenvalue weighted by Crippen LogP contribution is 2.67. The first-order valence-electron chi connectivity index (χ1n) is 29.4. The molecule has 1 atom stereocenters. The minimum atomic E-state index is -0.935. The Kier molecular flexibility index (Phi) is 10.1. The Labute approximate surface area is 487 Å². The third kappa shape index (κ3) is 6.72. The Bertz CT molecular complexity index is 5210. The van der Waals surface area contributed by atoms with Crippen LogP contribution in [0.1, 0.15) is 74.9 Å². The van der Waals surface area contributed by atoms with Gasteiger partial charge in [-0.05, 0) is 146 Å². The largest absolute Gasteiger partial charge is 0.455 e. The monoisotopic (exact) mass is 1080 g/mol. The van der Waals surface area contributed by atoms with Gasteiger partial charge in [0.15, 0.2) is 5.58 Å². The van der Waals surface area contributed by atoms with Crippen molar-refractivity contribution in [2.45, 2.75) is 57.8 Å². The van der Waals surface area contributed by atoms with Crippen LogP contribution in [0, 0.1) is 0 Å². The zero-order valence-electron chi connectivity index (χ0n) is 47.8. The molecule has 0 saturated carbocycles. The van der Waals surface area contributed by atoms with Crippen molar-refractivity contribution in [3.05, 3.63) is 282 Å². The van der Waals surface area contributed by atoms with Gasteiger partial charge in [0.1, 0.15) is 16.7 Å². The van der Waals surface area contributed by atoms with Crippen molar-refractivity contribution in [3.63, 3.8) is 0 Å². The smallest absolute Gasteiger partial charge is 0.160 e. The van der Waals surface area contributed by atoms with Gasteiger partial charge in [-0.15, -0.1) is 0 Å². The van der Waals surface area contributed by atoms with Crippen LogP contribution in [0.5, 0.6) is 0 Å². The summed E-state index contributed by atoms with van der Waals surface area (Å²) in [7, 11) is 0. The maximum absolute atomic E-state index is 7.82. The molecule has 1 aliphatic heterocycles. The number of benzene rings is 12. The van der Waals surface area contributed by atoms with Crippen molar-refractivity contribution in [2.75, 3.05) is 9.80 Å². The van der Waals surface area contributed by atoms with E-state index in [1.165, 1.54) is 49.6 Å². The highest BCUT2D eigenvalue weighted by Gasteiger charge is 2.54. The summed E-state index contributed by atoms with van der Waals surface area (Å²) in [6.45, 7) is 13.7. The number of nitrogens with zero attached hydrogens (tertiary/aromatic N) is 3. The molecule has 3 aromatic heterocycles. The zero-order chi connectivity index (χ0) is 56.4. The van der Waals surface area contributed by atoms with E-state index in [2.05, 4.69) is 305 Å². The first-order valence-corrected chi connectivity index (χ1v) is 29.4. The number of fused-ring (bicyclic) bond motifs is 21. The molecule has 12 aromatic carbocycles. The molecule has 1 unspecified atom stereocenters. The van der Waals surface area contributed by atoms with Gasteiger partial charge in [-0.1, -0.05) is 199 Å². The molecule has 0 bridgehead atoms. The Hall–Kier alpha value is -10.1. The summed E-state index contributed by atoms with van der Waals surface area (Å²) in [5, 5.41) is 8.92. The Balaban J connectivity index is 1.11. The van der Waals surface area contributed by atoms with Gasteiger partial charge in [-0.2, -0.15) is 0 Å². The second-order valence-corrected chi connectivity index (χ2v) is 25.2. The molecule has 0 fully saturated rings. The minimum Gasteiger partial charge on any atom is -0.455 e. The summed E-state index contributed by atoms with van der Waals surface area (Å²) in [5.74, 6) is 0. The highest BCUT2D eigenvalue weighted by atomic mass is 16.3. The summed E-state index contributed by atoms with van der Waals surface area (Å²) < 4.78 is 17.8. The number of furan rings is 2. The average Bonchev–Trinajstić information content (AvgIpc) is 1.60. The number of para-hydroxylation sites is 6. The van der Waals surface area contributed by atoms with Crippen LogP contribution in [0.4, 0.5) is 34.1 Å². The lowest BCUT2D eigenvalue weighted by molar-refractivity contribution is 0.590. The fraction of sp³-hybridized carbons (Fsp3) is 0.114. The fourth-order valence-electron chi connectivity index (χ4n) is 14.6. The fourth-order valence-corrected chi connectivity index (χ4v) is 14.6. The molecule has 0 saturated heterocycles. The Morgan fingerprint density at radius 1 is 0.357 bits per heavy atom. The molecule has 5 heteroatoms. The van der Waals surface area contributed by atoms with Crippen LogP contribution in [-0.2, 0) is 16.2 Å². The van der Waals surface area contributed by atoms with E-state index in [4.69, 9.17) is 8.83 Å². The van der Waals surface area contributed by atoms with Gasteiger partial charge in [0, 0.05) is 60.8 Å². The standard InChI is InChI=1S/C79H59N3O2/c1-77(2,3)50-36-40-54(41-37-50)80(52-24-9-7-10-25-52)66-46-63-73(76-70(66)59-44-48-22-13-14-23-49(48)45-69(59)84-76)72-62(79(63)60-31-17-19-34-65(60)82-64-33-18-15-28-56(64)57-30-21-32-61(79)74(57)82)47-67(75-71(72)58-29-16-20-35-68(58)83-75)81(53-26-11-8-12-27-53)55-42-38-51(39-43-55)78(4,5)6/h7-47H,1-6H3. The summed E-state index contributed by atoms with van der Waals surface area (Å²) in [5.41, 5.74) is 21.4. The topological polar surface area (TPSA) is 37.7 Å². The van der Waals surface area contributed by atoms with Crippen molar-refractivity contribution in [1.82, 2.24) is 4.57 Å². The molecule has 5 nitrogen and oxygen atoms in total. The summed E-state index contributed by atoms with van der Waals surface area (Å²) in [6, 6.07) is 92.3. The van der Waals surface area contributed by atoms with Gasteiger partial charge in [0.05, 0.1) is 38.9 Å². The third-order valence-corrected chi connectivity index (χ3v) is 18.4. The highest BCUT2D eigenvalue weighted by molar-refractivity contribution is 6.27. The normalized spacial score (nSPS) is 14.6. The molecule has 1 aliphatic carbocycles. The van der Waals surface area contributed by atoms with E-state index in [1.54, 1.807) is 0 Å². The SMILES string of the molecule is CC(C)(C)c1ccc(N(c2ccccc2)c2cc3c(c4c2oc2ccccc24)-c2c(cc(N(c4ccccc4)c4ccc(C(C)(C)C)cc4)c4c2oc2cc5ccccc5cc24)C32c3ccccc3-n3c4ccccc4c4cccc2c43)cc1. The predicted octanol–water partition coefficient (Wildman–Crippen LogP) is 21.9. The first kappa shape index (κ1) is 48.6. The van der Waals surface area contributed by atoms with Crippen molar-refractivity contribution in [1.29, 1.82) is 0 Å². The maximum atomic E-state index is 7.82. The van der Waals surface area contributed by atoms with Crippen LogP contribution in [0.15, 0.2) is 258 Å². The molecule has 1 spiro atoms. The van der Waals surface area contributed by atoms with E-state index in [-0.39, 0.29) is 10.8 Å². The van der Waals surface area contributed by atoms with Crippen LogP contribution in [0.3, 0.4) is 0 Å². The molecule has 17 rings (SSSR count). The van der Waals surface area contributed by atoms with Gasteiger partial charge >= 0.3 is 0 Å². The van der Waals surface area contributed by atoms with Gasteiger partial charge in [-0.25, -0.2) is 0 Å². The van der Waals surface area contributed by atoms with E-state index >= 15 is 0 Å². The molecular weight excluding hydrogens is 1020 g/mol. The lowest BCUT2D eigenvalue weighted by Crippen LogP contribution is -2.34. The van der Waals surface area contributed by atoms with Gasteiger partial charge in [0.25, 0.3) is 0 Å². The lowest BCUT2D eigenvalue weighted by atomic mass is 9.65. The van der Waals surface area contributed by atoms with E-state index < -0.39 is 5.41 Å². The molecule has 402 valence electrons. The molecular formula is C79H59N3O2. The molecule has 0 radical (unpaired) electrons. The second kappa shape index (κ2) is 17.5. The molecule has 4 heterocycles. The number of hydrogen-bond acceptors (Lipinski definition) is 4. The van der Waals surface area contributed by atoms with Crippen molar-refractivity contribution < 1.29 is 8.83 Å². The molecule has 0 N–H and O–H groups in total. The van der Waals surface area contributed by atoms with Gasteiger partial charge < -0.3 is 23.2 Å². The van der Waals surface area contributed by atoms with Crippen molar-refractivity contribution >= 4 is 111 Å².